The number of likely N-dealkylation sites (N-methyl/N-ethyl adjacent to an activating group) is 1. The number of nitrogens with zero attached hydrogens (tertiary/aromatic N) is 3. The number of hydrogen-bond donors (Lipinski definition) is 0. The lowest BCUT2D eigenvalue weighted by Crippen LogP contribution is -2.61. The van der Waals surface area contributed by atoms with E-state index in [4.69, 9.17) is 4.74 Å². The molecule has 0 radical (unpaired) electrons. The van der Waals surface area contributed by atoms with Crippen molar-refractivity contribution in [3.63, 3.8) is 0 Å². The first-order chi connectivity index (χ1) is 9.45. The molecular formula is C14H19N3O3. The van der Waals surface area contributed by atoms with Crippen molar-refractivity contribution in [1.29, 1.82) is 0 Å². The van der Waals surface area contributed by atoms with Crippen LogP contribution in [0.25, 0.3) is 0 Å². The number of aromatic nitrogens is 1. The summed E-state index contributed by atoms with van der Waals surface area (Å²) in [7, 11) is 3.23. The van der Waals surface area contributed by atoms with Gasteiger partial charge < -0.3 is 14.5 Å². The summed E-state index contributed by atoms with van der Waals surface area (Å²) in [4.78, 5) is 31.7. The van der Waals surface area contributed by atoms with Gasteiger partial charge in [0, 0.05) is 19.3 Å². The maximum absolute atomic E-state index is 12.3. The van der Waals surface area contributed by atoms with Crippen molar-refractivity contribution >= 4 is 11.8 Å². The van der Waals surface area contributed by atoms with Crippen molar-refractivity contribution < 1.29 is 14.3 Å². The molecule has 2 amide bonds. The lowest BCUT2D eigenvalue weighted by atomic mass is 10.1. The molecule has 1 aliphatic rings. The van der Waals surface area contributed by atoms with Crippen molar-refractivity contribution in [2.24, 2.45) is 0 Å². The lowest BCUT2D eigenvalue weighted by Gasteiger charge is -2.40. The Labute approximate surface area is 118 Å². The van der Waals surface area contributed by atoms with E-state index in [1.165, 1.54) is 4.90 Å². The molecule has 108 valence electrons. The van der Waals surface area contributed by atoms with Crippen molar-refractivity contribution in [2.75, 3.05) is 14.2 Å². The van der Waals surface area contributed by atoms with E-state index < -0.39 is 12.1 Å². The average Bonchev–Trinajstić information content (AvgIpc) is 2.48. The number of carbonyl (C=O) groups is 2. The fourth-order valence-corrected chi connectivity index (χ4v) is 2.27. The molecule has 6 nitrogen and oxygen atoms in total. The second kappa shape index (κ2) is 5.48. The highest BCUT2D eigenvalue weighted by molar-refractivity contribution is 5.96. The second-order valence-corrected chi connectivity index (χ2v) is 4.95. The van der Waals surface area contributed by atoms with Crippen LogP contribution in [-0.2, 0) is 16.1 Å². The van der Waals surface area contributed by atoms with Gasteiger partial charge in [0.25, 0.3) is 0 Å². The van der Waals surface area contributed by atoms with Gasteiger partial charge in [0.1, 0.15) is 17.8 Å². The topological polar surface area (TPSA) is 62.7 Å². The van der Waals surface area contributed by atoms with Crippen LogP contribution in [0.3, 0.4) is 0 Å². The molecule has 20 heavy (non-hydrogen) atoms. The fourth-order valence-electron chi connectivity index (χ4n) is 2.27. The van der Waals surface area contributed by atoms with Crippen molar-refractivity contribution in [1.82, 2.24) is 14.8 Å². The van der Waals surface area contributed by atoms with E-state index >= 15 is 0 Å². The van der Waals surface area contributed by atoms with E-state index in [2.05, 4.69) is 4.98 Å². The molecule has 1 saturated heterocycles. The van der Waals surface area contributed by atoms with E-state index in [0.29, 0.717) is 18.0 Å². The summed E-state index contributed by atoms with van der Waals surface area (Å²) in [5.41, 5.74) is 0.703. The van der Waals surface area contributed by atoms with Crippen molar-refractivity contribution in [2.45, 2.75) is 32.5 Å². The first-order valence-electron chi connectivity index (χ1n) is 6.51. The van der Waals surface area contributed by atoms with Crippen LogP contribution >= 0.6 is 0 Å². The number of pyridine rings is 1. The predicted octanol–water partition coefficient (Wildman–Crippen LogP) is 0.668. The lowest BCUT2D eigenvalue weighted by molar-refractivity contribution is -0.159. The summed E-state index contributed by atoms with van der Waals surface area (Å²) in [6.45, 7) is 3.78. The first-order valence-corrected chi connectivity index (χ1v) is 6.51. The molecule has 0 aromatic carbocycles. The van der Waals surface area contributed by atoms with E-state index in [9.17, 15) is 9.59 Å². The van der Waals surface area contributed by atoms with Crippen LogP contribution in [0.2, 0.25) is 0 Å². The number of ether oxygens (including phenoxy) is 1. The number of methoxy groups -OCH3 is 1. The monoisotopic (exact) mass is 277 g/mol. The molecule has 1 fully saturated rings. The summed E-state index contributed by atoms with van der Waals surface area (Å²) in [5, 5.41) is 0. The summed E-state index contributed by atoms with van der Waals surface area (Å²) in [6, 6.07) is 2.60. The van der Waals surface area contributed by atoms with Crippen LogP contribution < -0.4 is 4.74 Å². The third-order valence-electron chi connectivity index (χ3n) is 3.75. The standard InChI is InChI=1S/C14H19N3O3/c1-9-14(19)17(10(2)13(18)16(9)3)8-11-7-12(20-4)5-6-15-11/h5-7,9-10H,8H2,1-4H3/t9-,10-/m0/s1. The molecule has 0 aliphatic carbocycles. The molecular weight excluding hydrogens is 258 g/mol. The van der Waals surface area contributed by atoms with Gasteiger partial charge in [0.15, 0.2) is 0 Å². The third-order valence-corrected chi connectivity index (χ3v) is 3.75. The van der Waals surface area contributed by atoms with Crippen molar-refractivity contribution in [3.8, 4) is 5.75 Å². The molecule has 0 unspecified atom stereocenters. The smallest absolute Gasteiger partial charge is 0.246 e. The van der Waals surface area contributed by atoms with Crippen LogP contribution in [0.15, 0.2) is 18.3 Å². The Morgan fingerprint density at radius 3 is 2.60 bits per heavy atom. The van der Waals surface area contributed by atoms with Crippen LogP contribution in [-0.4, -0.2) is 52.8 Å². The number of amides is 2. The molecule has 6 heteroatoms. The van der Waals surface area contributed by atoms with Crippen LogP contribution in [0.4, 0.5) is 0 Å². The van der Waals surface area contributed by atoms with Crippen LogP contribution in [0, 0.1) is 0 Å². The van der Waals surface area contributed by atoms with Gasteiger partial charge in [-0.25, -0.2) is 0 Å². The molecule has 1 aromatic heterocycles. The number of carbonyl (C=O) groups excluding carboxylic acids is 2. The number of piperazine rings is 1. The van der Waals surface area contributed by atoms with Crippen molar-refractivity contribution in [3.05, 3.63) is 24.0 Å². The molecule has 0 bridgehead atoms. The Morgan fingerprint density at radius 1 is 1.25 bits per heavy atom. The molecule has 2 heterocycles. The second-order valence-electron chi connectivity index (χ2n) is 4.95. The van der Waals surface area contributed by atoms with E-state index in [1.807, 2.05) is 0 Å². The minimum absolute atomic E-state index is 0.0556. The molecule has 0 N–H and O–H groups in total. The minimum atomic E-state index is -0.475. The van der Waals surface area contributed by atoms with E-state index in [1.54, 1.807) is 51.2 Å². The Balaban J connectivity index is 2.22. The van der Waals surface area contributed by atoms with Gasteiger partial charge in [-0.15, -0.1) is 0 Å². The summed E-state index contributed by atoms with van der Waals surface area (Å²) in [6.07, 6.45) is 1.63. The maximum atomic E-state index is 12.3. The third kappa shape index (κ3) is 2.45. The minimum Gasteiger partial charge on any atom is -0.497 e. The Kier molecular flexibility index (Phi) is 3.92. The van der Waals surface area contributed by atoms with Gasteiger partial charge in [-0.3, -0.25) is 14.6 Å². The first kappa shape index (κ1) is 14.3. The van der Waals surface area contributed by atoms with Gasteiger partial charge in [-0.05, 0) is 19.9 Å². The predicted molar refractivity (Wildman–Crippen MR) is 73.0 cm³/mol. The SMILES string of the molecule is COc1ccnc(CN2C(=O)[C@H](C)N(C)C(=O)[C@@H]2C)c1. The summed E-state index contributed by atoms with van der Waals surface area (Å²) in [5.74, 6) is 0.563. The highest BCUT2D eigenvalue weighted by Crippen LogP contribution is 2.20. The van der Waals surface area contributed by atoms with E-state index in [-0.39, 0.29) is 11.8 Å². The quantitative estimate of drug-likeness (QED) is 0.814. The molecule has 1 aromatic rings. The number of rotatable bonds is 3. The Bertz CT molecular complexity index is 532. The largest absolute Gasteiger partial charge is 0.497 e. The summed E-state index contributed by atoms with van der Waals surface area (Å²) < 4.78 is 5.14. The van der Waals surface area contributed by atoms with E-state index in [0.717, 1.165) is 0 Å². The maximum Gasteiger partial charge on any atom is 0.246 e. The Morgan fingerprint density at radius 2 is 1.95 bits per heavy atom. The average molecular weight is 277 g/mol. The Hall–Kier alpha value is -2.11. The fraction of sp³-hybridized carbons (Fsp3) is 0.500. The van der Waals surface area contributed by atoms with Gasteiger partial charge in [-0.2, -0.15) is 0 Å². The zero-order valence-electron chi connectivity index (χ0n) is 12.2. The van der Waals surface area contributed by atoms with Gasteiger partial charge in [0.05, 0.1) is 19.3 Å². The zero-order valence-corrected chi connectivity index (χ0v) is 12.2. The van der Waals surface area contributed by atoms with Crippen LogP contribution in [0.5, 0.6) is 5.75 Å². The molecule has 2 rings (SSSR count). The normalized spacial score (nSPS) is 23.2. The molecule has 0 spiro atoms. The molecule has 0 saturated carbocycles. The number of hydrogen-bond acceptors (Lipinski definition) is 4. The van der Waals surface area contributed by atoms with Gasteiger partial charge >= 0.3 is 0 Å². The molecule has 2 atom stereocenters. The highest BCUT2D eigenvalue weighted by Gasteiger charge is 2.39. The van der Waals surface area contributed by atoms with Gasteiger partial charge in [0.2, 0.25) is 11.8 Å². The van der Waals surface area contributed by atoms with Crippen LogP contribution in [0.1, 0.15) is 19.5 Å². The zero-order chi connectivity index (χ0) is 14.9. The molecule has 1 aliphatic heterocycles. The summed E-state index contributed by atoms with van der Waals surface area (Å²) >= 11 is 0. The highest BCUT2D eigenvalue weighted by atomic mass is 16.5. The van der Waals surface area contributed by atoms with Gasteiger partial charge in [-0.1, -0.05) is 0 Å².